The summed E-state index contributed by atoms with van der Waals surface area (Å²) in [5.41, 5.74) is 8.87. The molecule has 1 aliphatic rings. The van der Waals surface area contributed by atoms with E-state index >= 15 is 0 Å². The Morgan fingerprint density at radius 2 is 1.86 bits per heavy atom. The Morgan fingerprint density at radius 1 is 1.11 bits per heavy atom. The standard InChI is InChI=1S/C20H21FN6S/c1-11(22)17(12(2)23)14-6-7-15-19(24-14)26-20(28-15)13-5-8-16(25-18(13)21)27-9-3-4-10-27/h5-8,22H,3-4,9-10,23H2,1-2H3. The van der Waals surface area contributed by atoms with Gasteiger partial charge in [0.05, 0.1) is 16.0 Å². The molecule has 6 nitrogen and oxygen atoms in total. The first-order valence-corrected chi connectivity index (χ1v) is 9.97. The van der Waals surface area contributed by atoms with Gasteiger partial charge < -0.3 is 16.0 Å². The Kier molecular flexibility index (Phi) is 4.80. The minimum atomic E-state index is -0.516. The molecule has 0 spiro atoms. The molecule has 8 heteroatoms. The molecular weight excluding hydrogens is 375 g/mol. The summed E-state index contributed by atoms with van der Waals surface area (Å²) in [4.78, 5) is 15.3. The van der Waals surface area contributed by atoms with Gasteiger partial charge in [0, 0.05) is 30.1 Å². The quantitative estimate of drug-likeness (QED) is 0.509. The molecule has 4 heterocycles. The SMILES string of the molecule is CC(=N)C(=C(C)N)c1ccc2sc(-c3ccc(N4CCCC4)nc3F)nc2n1. The average molecular weight is 396 g/mol. The van der Waals surface area contributed by atoms with Crippen molar-refractivity contribution in [2.24, 2.45) is 5.73 Å². The fourth-order valence-corrected chi connectivity index (χ4v) is 4.39. The number of pyridine rings is 2. The van der Waals surface area contributed by atoms with Crippen LogP contribution in [0.4, 0.5) is 10.2 Å². The van der Waals surface area contributed by atoms with Crippen LogP contribution in [0.3, 0.4) is 0 Å². The van der Waals surface area contributed by atoms with Crippen LogP contribution in [-0.2, 0) is 0 Å². The fraction of sp³-hybridized carbons (Fsp3) is 0.300. The maximum atomic E-state index is 14.7. The van der Waals surface area contributed by atoms with Crippen LogP contribution in [0.5, 0.6) is 0 Å². The first-order valence-electron chi connectivity index (χ1n) is 9.15. The number of thiazole rings is 1. The summed E-state index contributed by atoms with van der Waals surface area (Å²) >= 11 is 1.37. The summed E-state index contributed by atoms with van der Waals surface area (Å²) in [5.74, 6) is 0.160. The Hall–Kier alpha value is -2.87. The highest BCUT2D eigenvalue weighted by Gasteiger charge is 2.18. The van der Waals surface area contributed by atoms with E-state index in [-0.39, 0.29) is 0 Å². The number of anilines is 1. The minimum Gasteiger partial charge on any atom is -0.402 e. The van der Waals surface area contributed by atoms with Crippen LogP contribution in [0, 0.1) is 11.4 Å². The van der Waals surface area contributed by atoms with Crippen molar-refractivity contribution >= 4 is 38.8 Å². The van der Waals surface area contributed by atoms with Crippen molar-refractivity contribution < 1.29 is 4.39 Å². The number of aromatic nitrogens is 3. The van der Waals surface area contributed by atoms with Crippen LogP contribution in [-0.4, -0.2) is 33.8 Å². The second-order valence-electron chi connectivity index (χ2n) is 6.92. The van der Waals surface area contributed by atoms with E-state index in [1.807, 2.05) is 18.2 Å². The number of hydrogen-bond acceptors (Lipinski definition) is 7. The number of fused-ring (bicyclic) bond motifs is 1. The van der Waals surface area contributed by atoms with E-state index in [4.69, 9.17) is 11.1 Å². The molecule has 0 saturated carbocycles. The molecule has 0 amide bonds. The van der Waals surface area contributed by atoms with Gasteiger partial charge in [-0.05, 0) is 51.0 Å². The first kappa shape index (κ1) is 18.5. The van der Waals surface area contributed by atoms with Gasteiger partial charge in [-0.15, -0.1) is 11.3 Å². The van der Waals surface area contributed by atoms with Crippen LogP contribution < -0.4 is 10.6 Å². The Balaban J connectivity index is 1.72. The second-order valence-corrected chi connectivity index (χ2v) is 7.95. The molecule has 1 saturated heterocycles. The van der Waals surface area contributed by atoms with E-state index in [9.17, 15) is 4.39 Å². The van der Waals surface area contributed by atoms with Crippen LogP contribution in [0.2, 0.25) is 0 Å². The number of rotatable bonds is 4. The molecule has 3 aromatic rings. The van der Waals surface area contributed by atoms with Gasteiger partial charge in [-0.2, -0.15) is 4.39 Å². The minimum absolute atomic E-state index is 0.343. The predicted octanol–water partition coefficient (Wildman–Crippen LogP) is 4.22. The fourth-order valence-electron chi connectivity index (χ4n) is 3.47. The van der Waals surface area contributed by atoms with Crippen molar-refractivity contribution in [1.29, 1.82) is 5.41 Å². The Labute approximate surface area is 166 Å². The number of allylic oxidation sites excluding steroid dienone is 2. The van der Waals surface area contributed by atoms with Crippen molar-refractivity contribution in [3.05, 3.63) is 41.6 Å². The molecule has 144 valence electrons. The summed E-state index contributed by atoms with van der Waals surface area (Å²) in [7, 11) is 0. The van der Waals surface area contributed by atoms with Gasteiger partial charge in [-0.1, -0.05) is 0 Å². The zero-order chi connectivity index (χ0) is 19.8. The maximum Gasteiger partial charge on any atom is 0.225 e. The highest BCUT2D eigenvalue weighted by atomic mass is 32.1. The molecule has 3 aromatic heterocycles. The van der Waals surface area contributed by atoms with Gasteiger partial charge in [-0.3, -0.25) is 0 Å². The number of nitrogens with two attached hydrogens (primary N) is 1. The maximum absolute atomic E-state index is 14.7. The van der Waals surface area contributed by atoms with Crippen molar-refractivity contribution in [1.82, 2.24) is 15.0 Å². The zero-order valence-electron chi connectivity index (χ0n) is 15.8. The van der Waals surface area contributed by atoms with Crippen molar-refractivity contribution in [3.63, 3.8) is 0 Å². The summed E-state index contributed by atoms with van der Waals surface area (Å²) in [6.07, 6.45) is 2.23. The van der Waals surface area contributed by atoms with E-state index in [0.717, 1.165) is 30.6 Å². The summed E-state index contributed by atoms with van der Waals surface area (Å²) in [6.45, 7) is 5.26. The van der Waals surface area contributed by atoms with Gasteiger partial charge in [0.1, 0.15) is 10.8 Å². The monoisotopic (exact) mass is 396 g/mol. The van der Waals surface area contributed by atoms with E-state index < -0.39 is 5.95 Å². The van der Waals surface area contributed by atoms with E-state index in [0.29, 0.717) is 44.7 Å². The molecule has 3 N–H and O–H groups in total. The largest absolute Gasteiger partial charge is 0.402 e. The normalized spacial score (nSPS) is 15.2. The zero-order valence-corrected chi connectivity index (χ0v) is 16.6. The molecule has 0 aromatic carbocycles. The molecule has 0 radical (unpaired) electrons. The molecule has 28 heavy (non-hydrogen) atoms. The third kappa shape index (κ3) is 3.35. The molecular formula is C20H21FN6S. The number of nitrogens with one attached hydrogen (secondary N) is 1. The van der Waals surface area contributed by atoms with Crippen LogP contribution in [0.1, 0.15) is 32.4 Å². The smallest absolute Gasteiger partial charge is 0.225 e. The van der Waals surface area contributed by atoms with Gasteiger partial charge in [0.2, 0.25) is 5.95 Å². The third-order valence-electron chi connectivity index (χ3n) is 4.77. The molecule has 0 aliphatic carbocycles. The summed E-state index contributed by atoms with van der Waals surface area (Å²) in [5, 5.41) is 8.47. The Bertz CT molecular complexity index is 1090. The van der Waals surface area contributed by atoms with E-state index in [1.54, 1.807) is 19.9 Å². The topological polar surface area (TPSA) is 91.8 Å². The number of nitrogens with zero attached hydrogens (tertiary/aromatic N) is 4. The number of hydrogen-bond donors (Lipinski definition) is 2. The molecule has 0 atom stereocenters. The van der Waals surface area contributed by atoms with Gasteiger partial charge in [-0.25, -0.2) is 15.0 Å². The molecule has 0 bridgehead atoms. The predicted molar refractivity (Wildman–Crippen MR) is 112 cm³/mol. The average Bonchev–Trinajstić information content (AvgIpc) is 3.30. The molecule has 1 fully saturated rings. The van der Waals surface area contributed by atoms with Crippen molar-refractivity contribution in [2.45, 2.75) is 26.7 Å². The van der Waals surface area contributed by atoms with E-state index in [2.05, 4.69) is 19.9 Å². The van der Waals surface area contributed by atoms with E-state index in [1.165, 1.54) is 11.3 Å². The third-order valence-corrected chi connectivity index (χ3v) is 5.82. The van der Waals surface area contributed by atoms with Gasteiger partial charge in [0.25, 0.3) is 0 Å². The molecule has 4 rings (SSSR count). The molecule has 0 unspecified atom stereocenters. The lowest BCUT2D eigenvalue weighted by atomic mass is 10.1. The lowest BCUT2D eigenvalue weighted by Gasteiger charge is -2.16. The lowest BCUT2D eigenvalue weighted by molar-refractivity contribution is 0.586. The van der Waals surface area contributed by atoms with Crippen molar-refractivity contribution in [2.75, 3.05) is 18.0 Å². The van der Waals surface area contributed by atoms with Crippen LogP contribution in [0.25, 0.3) is 26.5 Å². The Morgan fingerprint density at radius 3 is 2.50 bits per heavy atom. The highest BCUT2D eigenvalue weighted by molar-refractivity contribution is 7.21. The first-order chi connectivity index (χ1) is 13.4. The second kappa shape index (κ2) is 7.27. The summed E-state index contributed by atoms with van der Waals surface area (Å²) in [6, 6.07) is 7.30. The van der Waals surface area contributed by atoms with Crippen LogP contribution in [0.15, 0.2) is 30.0 Å². The lowest BCUT2D eigenvalue weighted by Crippen LogP contribution is -2.19. The van der Waals surface area contributed by atoms with Gasteiger partial charge >= 0.3 is 0 Å². The van der Waals surface area contributed by atoms with Gasteiger partial charge in [0.15, 0.2) is 5.65 Å². The summed E-state index contributed by atoms with van der Waals surface area (Å²) < 4.78 is 15.5. The highest BCUT2D eigenvalue weighted by Crippen LogP contribution is 2.32. The van der Waals surface area contributed by atoms with Crippen molar-refractivity contribution in [3.8, 4) is 10.6 Å². The molecule has 1 aliphatic heterocycles. The number of halogens is 1. The van der Waals surface area contributed by atoms with Crippen LogP contribution >= 0.6 is 11.3 Å².